The number of likely N-dealkylation sites (N-methyl/N-ethyl adjacent to an activating group) is 1. The Labute approximate surface area is 110 Å². The molecule has 4 heteroatoms. The van der Waals surface area contributed by atoms with Gasteiger partial charge in [0.2, 0.25) is 0 Å². The molecule has 0 saturated carbocycles. The second kappa shape index (κ2) is 4.80. The number of thiophene rings is 1. The van der Waals surface area contributed by atoms with Crippen LogP contribution in [0.5, 0.6) is 0 Å². The molecule has 1 unspecified atom stereocenters. The maximum atomic E-state index is 12.5. The van der Waals surface area contributed by atoms with Crippen molar-refractivity contribution in [2.24, 2.45) is 0 Å². The molecule has 2 aromatic rings. The van der Waals surface area contributed by atoms with Crippen molar-refractivity contribution in [1.82, 2.24) is 4.90 Å². The second-order valence-corrected chi connectivity index (χ2v) is 5.55. The van der Waals surface area contributed by atoms with E-state index in [0.29, 0.717) is 13.2 Å². The van der Waals surface area contributed by atoms with E-state index in [-0.39, 0.29) is 11.9 Å². The highest BCUT2D eigenvalue weighted by Gasteiger charge is 2.27. The summed E-state index contributed by atoms with van der Waals surface area (Å²) in [6.45, 7) is 2.21. The smallest absolute Gasteiger partial charge is 0.194 e. The van der Waals surface area contributed by atoms with Crippen LogP contribution in [0, 0.1) is 0 Å². The number of fused-ring (bicyclic) bond motifs is 1. The van der Waals surface area contributed by atoms with Gasteiger partial charge in [-0.25, -0.2) is 0 Å². The average Bonchev–Trinajstić information content (AvgIpc) is 2.86. The fourth-order valence-electron chi connectivity index (χ4n) is 2.30. The monoisotopic (exact) mass is 261 g/mol. The van der Waals surface area contributed by atoms with Gasteiger partial charge in [0.25, 0.3) is 0 Å². The standard InChI is InChI=1S/C14H15NO2S/c1-15-6-7-17-12(9-15)13(16)11-4-2-3-10-5-8-18-14(10)11/h2-5,8,12H,6-7,9H2,1H3. The lowest BCUT2D eigenvalue weighted by molar-refractivity contribution is -0.00851. The van der Waals surface area contributed by atoms with Gasteiger partial charge in [-0.15, -0.1) is 11.3 Å². The van der Waals surface area contributed by atoms with E-state index in [0.717, 1.165) is 22.2 Å². The Bertz CT molecular complexity index is 578. The molecular weight excluding hydrogens is 246 g/mol. The summed E-state index contributed by atoms with van der Waals surface area (Å²) >= 11 is 1.62. The Hall–Kier alpha value is -1.23. The normalized spacial score (nSPS) is 21.3. The van der Waals surface area contributed by atoms with Gasteiger partial charge in [0.05, 0.1) is 6.61 Å². The van der Waals surface area contributed by atoms with E-state index in [4.69, 9.17) is 4.74 Å². The van der Waals surface area contributed by atoms with Crippen molar-refractivity contribution in [2.75, 3.05) is 26.7 Å². The van der Waals surface area contributed by atoms with Crippen LogP contribution in [0.3, 0.4) is 0 Å². The summed E-state index contributed by atoms with van der Waals surface area (Å²) in [5, 5.41) is 3.16. The number of carbonyl (C=O) groups excluding carboxylic acids is 1. The maximum absolute atomic E-state index is 12.5. The summed E-state index contributed by atoms with van der Waals surface area (Å²) in [5.41, 5.74) is 0.794. The number of nitrogens with zero attached hydrogens (tertiary/aromatic N) is 1. The molecule has 1 aliphatic heterocycles. The van der Waals surface area contributed by atoms with E-state index in [1.165, 1.54) is 0 Å². The van der Waals surface area contributed by atoms with Crippen molar-refractivity contribution in [2.45, 2.75) is 6.10 Å². The second-order valence-electron chi connectivity index (χ2n) is 4.63. The summed E-state index contributed by atoms with van der Waals surface area (Å²) < 4.78 is 6.67. The van der Waals surface area contributed by atoms with Crippen molar-refractivity contribution in [1.29, 1.82) is 0 Å². The van der Waals surface area contributed by atoms with Gasteiger partial charge in [-0.2, -0.15) is 0 Å². The molecule has 1 fully saturated rings. The minimum atomic E-state index is -0.323. The first kappa shape index (κ1) is 11.8. The van der Waals surface area contributed by atoms with Gasteiger partial charge >= 0.3 is 0 Å². The third-order valence-corrected chi connectivity index (χ3v) is 4.27. The van der Waals surface area contributed by atoms with Crippen LogP contribution in [0.2, 0.25) is 0 Å². The molecule has 18 heavy (non-hydrogen) atoms. The zero-order valence-corrected chi connectivity index (χ0v) is 11.1. The molecule has 0 N–H and O–H groups in total. The summed E-state index contributed by atoms with van der Waals surface area (Å²) in [4.78, 5) is 14.7. The number of ketones is 1. The largest absolute Gasteiger partial charge is 0.367 e. The van der Waals surface area contributed by atoms with Crippen LogP contribution in [0.15, 0.2) is 29.6 Å². The van der Waals surface area contributed by atoms with E-state index in [1.54, 1.807) is 11.3 Å². The third-order valence-electron chi connectivity index (χ3n) is 3.31. The van der Waals surface area contributed by atoms with Crippen molar-refractivity contribution in [3.05, 3.63) is 35.2 Å². The number of rotatable bonds is 2. The van der Waals surface area contributed by atoms with Crippen LogP contribution in [-0.4, -0.2) is 43.5 Å². The Kier molecular flexibility index (Phi) is 3.16. The van der Waals surface area contributed by atoms with Crippen LogP contribution < -0.4 is 0 Å². The Morgan fingerprint density at radius 2 is 2.33 bits per heavy atom. The zero-order chi connectivity index (χ0) is 12.5. The number of carbonyl (C=O) groups is 1. The Morgan fingerprint density at radius 3 is 3.17 bits per heavy atom. The third kappa shape index (κ3) is 2.07. The van der Waals surface area contributed by atoms with E-state index in [9.17, 15) is 4.79 Å². The van der Waals surface area contributed by atoms with Crippen LogP contribution in [0.4, 0.5) is 0 Å². The number of hydrogen-bond acceptors (Lipinski definition) is 4. The summed E-state index contributed by atoms with van der Waals surface area (Å²) in [5.74, 6) is 0.106. The molecule has 3 rings (SSSR count). The first-order valence-corrected chi connectivity index (χ1v) is 6.94. The van der Waals surface area contributed by atoms with Crippen molar-refractivity contribution in [3.8, 4) is 0 Å². The summed E-state index contributed by atoms with van der Waals surface area (Å²) in [6, 6.07) is 7.93. The van der Waals surface area contributed by atoms with Crippen LogP contribution >= 0.6 is 11.3 Å². The Balaban J connectivity index is 1.94. The van der Waals surface area contributed by atoms with E-state index < -0.39 is 0 Å². The zero-order valence-electron chi connectivity index (χ0n) is 10.3. The molecule has 1 aliphatic rings. The van der Waals surface area contributed by atoms with Crippen molar-refractivity contribution >= 4 is 27.2 Å². The van der Waals surface area contributed by atoms with Gasteiger partial charge in [0, 0.05) is 23.4 Å². The van der Waals surface area contributed by atoms with Crippen LogP contribution in [0.25, 0.3) is 10.1 Å². The minimum absolute atomic E-state index is 0.106. The van der Waals surface area contributed by atoms with Crippen LogP contribution in [0.1, 0.15) is 10.4 Å². The molecule has 0 aliphatic carbocycles. The van der Waals surface area contributed by atoms with Gasteiger partial charge in [-0.3, -0.25) is 4.79 Å². The highest BCUT2D eigenvalue weighted by atomic mass is 32.1. The number of benzene rings is 1. The van der Waals surface area contributed by atoms with Crippen LogP contribution in [-0.2, 0) is 4.74 Å². The first-order chi connectivity index (χ1) is 8.75. The molecule has 0 radical (unpaired) electrons. The average molecular weight is 261 g/mol. The molecule has 1 aromatic carbocycles. The molecule has 0 spiro atoms. The van der Waals surface area contributed by atoms with E-state index >= 15 is 0 Å². The molecular formula is C14H15NO2S. The van der Waals surface area contributed by atoms with E-state index in [1.807, 2.05) is 36.7 Å². The molecule has 1 atom stereocenters. The molecule has 2 heterocycles. The minimum Gasteiger partial charge on any atom is -0.367 e. The number of hydrogen-bond donors (Lipinski definition) is 0. The van der Waals surface area contributed by atoms with Gasteiger partial charge in [-0.1, -0.05) is 12.1 Å². The molecule has 1 aromatic heterocycles. The highest BCUT2D eigenvalue weighted by Crippen LogP contribution is 2.26. The Morgan fingerprint density at radius 1 is 1.44 bits per heavy atom. The van der Waals surface area contributed by atoms with Gasteiger partial charge in [-0.05, 0) is 29.9 Å². The van der Waals surface area contributed by atoms with Gasteiger partial charge in [0.15, 0.2) is 5.78 Å². The molecule has 1 saturated heterocycles. The fraction of sp³-hybridized carbons (Fsp3) is 0.357. The topological polar surface area (TPSA) is 29.5 Å². The molecule has 0 amide bonds. The highest BCUT2D eigenvalue weighted by molar-refractivity contribution is 7.17. The summed E-state index contributed by atoms with van der Waals surface area (Å²) in [6.07, 6.45) is -0.323. The quantitative estimate of drug-likeness (QED) is 0.778. The lowest BCUT2D eigenvalue weighted by atomic mass is 10.0. The molecule has 94 valence electrons. The summed E-state index contributed by atoms with van der Waals surface area (Å²) in [7, 11) is 2.02. The molecule has 3 nitrogen and oxygen atoms in total. The van der Waals surface area contributed by atoms with E-state index in [2.05, 4.69) is 4.90 Å². The van der Waals surface area contributed by atoms with Gasteiger partial charge in [0.1, 0.15) is 6.10 Å². The predicted octanol–water partition coefficient (Wildman–Crippen LogP) is 2.41. The fourth-order valence-corrected chi connectivity index (χ4v) is 3.22. The first-order valence-electron chi connectivity index (χ1n) is 6.06. The number of Topliss-reactive ketones (excluding diaryl/α,β-unsaturated/α-hetero) is 1. The van der Waals surface area contributed by atoms with Gasteiger partial charge < -0.3 is 9.64 Å². The lowest BCUT2D eigenvalue weighted by Crippen LogP contribution is -2.44. The lowest BCUT2D eigenvalue weighted by Gasteiger charge is -2.29. The van der Waals surface area contributed by atoms with Crippen molar-refractivity contribution < 1.29 is 9.53 Å². The van der Waals surface area contributed by atoms with Crippen molar-refractivity contribution in [3.63, 3.8) is 0 Å². The molecule has 0 bridgehead atoms. The number of ether oxygens (including phenoxy) is 1. The maximum Gasteiger partial charge on any atom is 0.194 e. The number of morpholine rings is 1. The SMILES string of the molecule is CN1CCOC(C(=O)c2cccc3ccsc23)C1. The predicted molar refractivity (Wildman–Crippen MR) is 73.4 cm³/mol.